The molecule has 2 heterocycles. The van der Waals surface area contributed by atoms with Crippen molar-refractivity contribution in [1.29, 1.82) is 0 Å². The van der Waals surface area contributed by atoms with Crippen LogP contribution in [0.15, 0.2) is 36.4 Å². The van der Waals surface area contributed by atoms with Crippen LogP contribution in [-0.2, 0) is 11.2 Å². The van der Waals surface area contributed by atoms with E-state index in [2.05, 4.69) is 5.32 Å². The number of nitrogens with zero attached hydrogens (tertiary/aromatic N) is 1. The maximum Gasteiger partial charge on any atom is 0.255 e. The van der Waals surface area contributed by atoms with Crippen molar-refractivity contribution in [2.45, 2.75) is 51.1 Å². The maximum atomic E-state index is 14.1. The lowest BCUT2D eigenvalue weighted by molar-refractivity contribution is -0.135. The third kappa shape index (κ3) is 4.91. The Bertz CT molecular complexity index is 1060. The van der Waals surface area contributed by atoms with Crippen LogP contribution in [0.1, 0.15) is 48.5 Å². The van der Waals surface area contributed by atoms with Crippen LogP contribution in [0.3, 0.4) is 0 Å². The molecule has 0 unspecified atom stereocenters. The van der Waals surface area contributed by atoms with Gasteiger partial charge in [-0.1, -0.05) is 19.1 Å². The lowest BCUT2D eigenvalue weighted by atomic mass is 9.79. The molecule has 0 saturated carbocycles. The molecule has 2 fully saturated rings. The largest absolute Gasteiger partial charge is 0.496 e. The monoisotopic (exact) mass is 474 g/mol. The molecular weight excluding hydrogens is 445 g/mol. The fourth-order valence-corrected chi connectivity index (χ4v) is 5.50. The summed E-state index contributed by atoms with van der Waals surface area (Å²) in [6.07, 6.45) is 3.64. The Labute approximate surface area is 197 Å². The summed E-state index contributed by atoms with van der Waals surface area (Å²) < 4.78 is 46.1. The van der Waals surface area contributed by atoms with Gasteiger partial charge >= 0.3 is 0 Å². The number of carbonyl (C=O) groups excluding carboxylic acids is 2. The second kappa shape index (κ2) is 10.1. The van der Waals surface area contributed by atoms with Gasteiger partial charge < -0.3 is 15.0 Å². The van der Waals surface area contributed by atoms with Crippen molar-refractivity contribution < 1.29 is 27.5 Å². The minimum atomic E-state index is -1.18. The van der Waals surface area contributed by atoms with Crippen molar-refractivity contribution in [3.8, 4) is 5.75 Å². The molecule has 2 aromatic rings. The summed E-state index contributed by atoms with van der Waals surface area (Å²) in [7, 11) is 1.49. The maximum absolute atomic E-state index is 14.1. The molecule has 2 amide bonds. The first-order valence-corrected chi connectivity index (χ1v) is 11.6. The molecule has 2 saturated heterocycles. The van der Waals surface area contributed by atoms with E-state index in [0.29, 0.717) is 23.8 Å². The number of hydrogen-bond acceptors (Lipinski definition) is 3. The Morgan fingerprint density at radius 3 is 2.38 bits per heavy atom. The highest BCUT2D eigenvalue weighted by molar-refractivity contribution is 5.98. The molecule has 5 nitrogen and oxygen atoms in total. The van der Waals surface area contributed by atoms with Crippen LogP contribution in [0, 0.1) is 29.3 Å². The normalized spacial score (nSPS) is 22.4. The predicted molar refractivity (Wildman–Crippen MR) is 121 cm³/mol. The fourth-order valence-electron chi connectivity index (χ4n) is 5.50. The highest BCUT2D eigenvalue weighted by Crippen LogP contribution is 2.42. The minimum Gasteiger partial charge on any atom is -0.496 e. The Balaban J connectivity index is 1.35. The topological polar surface area (TPSA) is 58.6 Å². The van der Waals surface area contributed by atoms with Gasteiger partial charge in [-0.3, -0.25) is 9.59 Å². The Morgan fingerprint density at radius 1 is 1.06 bits per heavy atom. The molecule has 0 aromatic heterocycles. The van der Waals surface area contributed by atoms with Crippen LogP contribution >= 0.6 is 0 Å². The number of carbonyl (C=O) groups is 2. The summed E-state index contributed by atoms with van der Waals surface area (Å²) in [5.74, 6) is -2.69. The summed E-state index contributed by atoms with van der Waals surface area (Å²) in [5, 5.41) is 2.70. The first-order chi connectivity index (χ1) is 16.3. The van der Waals surface area contributed by atoms with Crippen LogP contribution in [-0.4, -0.2) is 42.5 Å². The van der Waals surface area contributed by atoms with E-state index >= 15 is 0 Å². The number of ether oxygens (including phenoxy) is 1. The number of rotatable bonds is 7. The first kappa shape index (κ1) is 24.1. The molecule has 4 rings (SSSR count). The van der Waals surface area contributed by atoms with E-state index in [1.54, 1.807) is 24.3 Å². The van der Waals surface area contributed by atoms with Gasteiger partial charge in [-0.25, -0.2) is 13.2 Å². The molecule has 2 bridgehead atoms. The van der Waals surface area contributed by atoms with E-state index in [0.717, 1.165) is 31.7 Å². The van der Waals surface area contributed by atoms with Crippen LogP contribution in [0.25, 0.3) is 0 Å². The van der Waals surface area contributed by atoms with Crippen LogP contribution in [0.4, 0.5) is 13.2 Å². The third-order valence-electron chi connectivity index (χ3n) is 7.25. The average molecular weight is 475 g/mol. The van der Waals surface area contributed by atoms with Gasteiger partial charge in [0.05, 0.1) is 19.2 Å². The zero-order chi connectivity index (χ0) is 24.4. The molecular formula is C26H29F3N2O3. The zero-order valence-corrected chi connectivity index (χ0v) is 19.3. The number of nitrogens with one attached hydrogen (secondary N) is 1. The average Bonchev–Trinajstić information content (AvgIpc) is 3.09. The molecule has 0 radical (unpaired) electrons. The smallest absolute Gasteiger partial charge is 0.255 e. The molecule has 34 heavy (non-hydrogen) atoms. The Kier molecular flexibility index (Phi) is 7.14. The van der Waals surface area contributed by atoms with Crippen molar-refractivity contribution in [3.05, 3.63) is 65.0 Å². The number of piperidine rings is 1. The molecule has 0 spiro atoms. The van der Waals surface area contributed by atoms with Gasteiger partial charge in [-0.2, -0.15) is 0 Å². The highest BCUT2D eigenvalue weighted by atomic mass is 19.2. The number of para-hydroxylation sites is 1. The van der Waals surface area contributed by atoms with E-state index in [1.807, 2.05) is 11.8 Å². The van der Waals surface area contributed by atoms with Gasteiger partial charge in [-0.05, 0) is 67.7 Å². The predicted octanol–water partition coefficient (Wildman–Crippen LogP) is 4.49. The fraction of sp³-hybridized carbons (Fsp3) is 0.462. The molecule has 4 atom stereocenters. The van der Waals surface area contributed by atoms with E-state index in [4.69, 9.17) is 4.74 Å². The van der Waals surface area contributed by atoms with Gasteiger partial charge in [0.1, 0.15) is 11.6 Å². The lowest BCUT2D eigenvalue weighted by Gasteiger charge is -2.41. The Hall–Kier alpha value is -3.03. The molecule has 0 aliphatic carbocycles. The number of methoxy groups -OCH3 is 1. The number of amides is 2. The molecule has 182 valence electrons. The van der Waals surface area contributed by atoms with Crippen molar-refractivity contribution in [3.63, 3.8) is 0 Å². The number of halogens is 3. The first-order valence-electron chi connectivity index (χ1n) is 11.6. The second-order valence-corrected chi connectivity index (χ2v) is 9.34. The molecule has 8 heteroatoms. The van der Waals surface area contributed by atoms with Crippen LogP contribution < -0.4 is 10.1 Å². The summed E-state index contributed by atoms with van der Waals surface area (Å²) in [5.41, 5.74) is 0.550. The van der Waals surface area contributed by atoms with Crippen molar-refractivity contribution in [2.24, 2.45) is 11.8 Å². The van der Waals surface area contributed by atoms with Gasteiger partial charge in [0.2, 0.25) is 5.91 Å². The number of benzene rings is 2. The highest BCUT2D eigenvalue weighted by Gasteiger charge is 2.44. The number of hydrogen-bond donors (Lipinski definition) is 1. The molecule has 2 aliphatic rings. The van der Waals surface area contributed by atoms with Gasteiger partial charge in [-0.15, -0.1) is 0 Å². The zero-order valence-electron chi connectivity index (χ0n) is 19.3. The lowest BCUT2D eigenvalue weighted by Crippen LogP contribution is -2.51. The van der Waals surface area contributed by atoms with Crippen molar-refractivity contribution >= 4 is 11.8 Å². The molecule has 2 aromatic carbocycles. The van der Waals surface area contributed by atoms with E-state index in [-0.39, 0.29) is 47.8 Å². The van der Waals surface area contributed by atoms with E-state index in [1.165, 1.54) is 7.11 Å². The Morgan fingerprint density at radius 2 is 1.71 bits per heavy atom. The van der Waals surface area contributed by atoms with Gasteiger partial charge in [0.15, 0.2) is 11.6 Å². The third-order valence-corrected chi connectivity index (χ3v) is 7.25. The summed E-state index contributed by atoms with van der Waals surface area (Å²) in [6.45, 7) is 1.90. The van der Waals surface area contributed by atoms with Crippen molar-refractivity contribution in [1.82, 2.24) is 10.2 Å². The SMILES string of the molecule is COc1ccccc1C(=O)NCC(=O)N1[C@@H]2CC[C@H]1C[C@H]([C@H](C)Cc1cc(F)c(F)cc1F)C2. The quantitative estimate of drug-likeness (QED) is 0.602. The van der Waals surface area contributed by atoms with Gasteiger partial charge in [0.25, 0.3) is 5.91 Å². The molecule has 2 aliphatic heterocycles. The van der Waals surface area contributed by atoms with Gasteiger partial charge in [0, 0.05) is 18.2 Å². The number of fused-ring (bicyclic) bond motifs is 2. The van der Waals surface area contributed by atoms with E-state index in [9.17, 15) is 22.8 Å². The van der Waals surface area contributed by atoms with E-state index < -0.39 is 17.5 Å². The van der Waals surface area contributed by atoms with Crippen LogP contribution in [0.2, 0.25) is 0 Å². The summed E-state index contributed by atoms with van der Waals surface area (Å²) in [4.78, 5) is 27.4. The minimum absolute atomic E-state index is 0.0601. The standard InChI is InChI=1S/C26H29F3N2O3/c1-15(9-17-12-22(28)23(29)13-21(17)27)16-10-18-7-8-19(11-16)31(18)25(32)14-30-26(33)20-5-3-4-6-24(20)34-2/h3-6,12-13,15-16,18-19H,7-11,14H2,1-2H3,(H,30,33)/t15-,16-,18-,19+/m1/s1. The second-order valence-electron chi connectivity index (χ2n) is 9.34. The molecule has 1 N–H and O–H groups in total. The van der Waals surface area contributed by atoms with Crippen molar-refractivity contribution in [2.75, 3.05) is 13.7 Å². The summed E-state index contributed by atoms with van der Waals surface area (Å²) >= 11 is 0. The summed E-state index contributed by atoms with van der Waals surface area (Å²) in [6, 6.07) is 8.51. The van der Waals surface area contributed by atoms with Crippen LogP contribution in [0.5, 0.6) is 5.75 Å².